The Morgan fingerprint density at radius 3 is 2.75 bits per heavy atom. The highest BCUT2D eigenvalue weighted by atomic mass is 35.5. The van der Waals surface area contributed by atoms with Crippen LogP contribution in [0.3, 0.4) is 0 Å². The molecule has 0 fully saturated rings. The van der Waals surface area contributed by atoms with Crippen LogP contribution in [0.4, 0.5) is 5.69 Å². The first kappa shape index (κ1) is 8.91. The van der Waals surface area contributed by atoms with Gasteiger partial charge in [0, 0.05) is 5.69 Å². The summed E-state index contributed by atoms with van der Waals surface area (Å²) < 4.78 is 0. The lowest BCUT2D eigenvalue weighted by Crippen LogP contribution is -1.86. The number of nitrogens with zero attached hydrogens (tertiary/aromatic N) is 2. The molecule has 0 spiro atoms. The van der Waals surface area contributed by atoms with Crippen LogP contribution in [0.15, 0.2) is 11.1 Å². The molecule has 0 atom stereocenters. The lowest BCUT2D eigenvalue weighted by atomic mass is 10.3. The summed E-state index contributed by atoms with van der Waals surface area (Å²) in [4.78, 5) is 17.5. The summed E-state index contributed by atoms with van der Waals surface area (Å²) in [5.74, 6) is 0. The predicted octanol–water partition coefficient (Wildman–Crippen LogP) is 2.32. The molecule has 0 radical (unpaired) electrons. The Hall–Kier alpha value is -1.18. The average Bonchev–Trinajstić information content (AvgIpc) is 1.96. The minimum atomic E-state index is 0.400. The van der Waals surface area contributed by atoms with Gasteiger partial charge in [-0.15, -0.1) is 0 Å². The molecule has 3 nitrogen and oxygen atoms in total. The number of aliphatic imine (C=N–C) groups is 1. The molecular formula is C8H7ClN2O. The van der Waals surface area contributed by atoms with Crippen molar-refractivity contribution in [3.63, 3.8) is 0 Å². The fraction of sp³-hybridized carbons (Fsp3) is 0.250. The Kier molecular flexibility index (Phi) is 2.58. The molecule has 0 aromatic carbocycles. The summed E-state index contributed by atoms with van der Waals surface area (Å²) in [6.45, 7) is 3.57. The van der Waals surface area contributed by atoms with Crippen LogP contribution in [0, 0.1) is 13.8 Å². The highest BCUT2D eigenvalue weighted by Gasteiger charge is 2.04. The molecule has 0 aliphatic heterocycles. The van der Waals surface area contributed by atoms with E-state index in [2.05, 4.69) is 9.98 Å². The van der Waals surface area contributed by atoms with Crippen LogP contribution >= 0.6 is 11.6 Å². The molecule has 0 unspecified atom stereocenters. The minimum absolute atomic E-state index is 0.400. The number of hydrogen-bond donors (Lipinski definition) is 0. The smallest absolute Gasteiger partial charge is 0.240 e. The van der Waals surface area contributed by atoms with E-state index in [4.69, 9.17) is 11.6 Å². The second-order valence-electron chi connectivity index (χ2n) is 2.38. The maximum atomic E-state index is 9.99. The van der Waals surface area contributed by atoms with E-state index in [0.717, 1.165) is 5.69 Å². The van der Waals surface area contributed by atoms with E-state index in [1.165, 1.54) is 6.08 Å². The van der Waals surface area contributed by atoms with Gasteiger partial charge in [-0.05, 0) is 19.9 Å². The maximum absolute atomic E-state index is 9.99. The molecule has 0 aliphatic carbocycles. The Morgan fingerprint density at radius 1 is 1.58 bits per heavy atom. The van der Waals surface area contributed by atoms with E-state index in [1.807, 2.05) is 6.92 Å². The Labute approximate surface area is 75.1 Å². The van der Waals surface area contributed by atoms with Gasteiger partial charge in [-0.3, -0.25) is 4.98 Å². The number of aromatic nitrogens is 1. The molecule has 0 saturated heterocycles. The lowest BCUT2D eigenvalue weighted by Gasteiger charge is -2.01. The zero-order valence-corrected chi connectivity index (χ0v) is 7.51. The summed E-state index contributed by atoms with van der Waals surface area (Å²) in [6.07, 6.45) is 1.44. The second kappa shape index (κ2) is 3.48. The van der Waals surface area contributed by atoms with E-state index in [9.17, 15) is 4.79 Å². The number of rotatable bonds is 1. The number of hydrogen-bond acceptors (Lipinski definition) is 3. The van der Waals surface area contributed by atoms with Crippen LogP contribution in [0.25, 0.3) is 0 Å². The third-order valence-electron chi connectivity index (χ3n) is 1.41. The number of carbonyl (C=O) groups excluding carboxylic acids is 1. The molecule has 0 amide bonds. The van der Waals surface area contributed by atoms with Crippen molar-refractivity contribution in [3.05, 3.63) is 22.5 Å². The topological polar surface area (TPSA) is 42.3 Å². The van der Waals surface area contributed by atoms with Crippen LogP contribution in [-0.2, 0) is 4.79 Å². The number of halogens is 1. The fourth-order valence-corrected chi connectivity index (χ4v) is 1.29. The normalized spacial score (nSPS) is 9.25. The standard InChI is InChI=1S/C8H7ClN2O/c1-5-3-7(9)8(10-4-12)6(2)11-5/h3H,1-2H3. The summed E-state index contributed by atoms with van der Waals surface area (Å²) in [6, 6.07) is 1.66. The largest absolute Gasteiger partial charge is 0.256 e. The molecule has 0 bridgehead atoms. The van der Waals surface area contributed by atoms with Gasteiger partial charge in [0.25, 0.3) is 0 Å². The van der Waals surface area contributed by atoms with Crippen molar-refractivity contribution < 1.29 is 4.79 Å². The van der Waals surface area contributed by atoms with E-state index in [1.54, 1.807) is 13.0 Å². The summed E-state index contributed by atoms with van der Waals surface area (Å²) in [5, 5.41) is 0.434. The van der Waals surface area contributed by atoms with Gasteiger partial charge in [0.1, 0.15) is 5.69 Å². The van der Waals surface area contributed by atoms with Crippen molar-refractivity contribution in [2.75, 3.05) is 0 Å². The summed E-state index contributed by atoms with van der Waals surface area (Å²) >= 11 is 5.80. The highest BCUT2D eigenvalue weighted by molar-refractivity contribution is 6.33. The van der Waals surface area contributed by atoms with E-state index in [0.29, 0.717) is 16.4 Å². The molecule has 0 aliphatic rings. The van der Waals surface area contributed by atoms with Crippen LogP contribution < -0.4 is 0 Å². The molecular weight excluding hydrogens is 176 g/mol. The average molecular weight is 183 g/mol. The predicted molar refractivity (Wildman–Crippen MR) is 46.5 cm³/mol. The molecule has 12 heavy (non-hydrogen) atoms. The maximum Gasteiger partial charge on any atom is 0.240 e. The lowest BCUT2D eigenvalue weighted by molar-refractivity contribution is 0.565. The Morgan fingerprint density at radius 2 is 2.25 bits per heavy atom. The highest BCUT2D eigenvalue weighted by Crippen LogP contribution is 2.27. The monoisotopic (exact) mass is 182 g/mol. The molecule has 1 heterocycles. The first-order valence-electron chi connectivity index (χ1n) is 3.36. The molecule has 1 aromatic heterocycles. The van der Waals surface area contributed by atoms with Crippen LogP contribution in [0.5, 0.6) is 0 Å². The van der Waals surface area contributed by atoms with E-state index in [-0.39, 0.29) is 0 Å². The summed E-state index contributed by atoms with van der Waals surface area (Å²) in [7, 11) is 0. The third-order valence-corrected chi connectivity index (χ3v) is 1.69. The van der Waals surface area contributed by atoms with Crippen LogP contribution in [0.1, 0.15) is 11.4 Å². The number of aryl methyl sites for hydroxylation is 2. The first-order chi connectivity index (χ1) is 5.65. The summed E-state index contributed by atoms with van der Waals surface area (Å²) in [5.41, 5.74) is 1.85. The van der Waals surface area contributed by atoms with Crippen molar-refractivity contribution in [1.82, 2.24) is 4.98 Å². The van der Waals surface area contributed by atoms with Gasteiger partial charge in [-0.25, -0.2) is 4.79 Å². The van der Waals surface area contributed by atoms with E-state index >= 15 is 0 Å². The van der Waals surface area contributed by atoms with Crippen molar-refractivity contribution in [2.24, 2.45) is 4.99 Å². The molecule has 62 valence electrons. The quantitative estimate of drug-likeness (QED) is 0.494. The van der Waals surface area contributed by atoms with Crippen LogP contribution in [-0.4, -0.2) is 11.1 Å². The Bertz CT molecular complexity index is 333. The molecule has 1 aromatic rings. The first-order valence-corrected chi connectivity index (χ1v) is 3.74. The zero-order valence-electron chi connectivity index (χ0n) is 6.76. The van der Waals surface area contributed by atoms with Gasteiger partial charge >= 0.3 is 0 Å². The minimum Gasteiger partial charge on any atom is -0.256 e. The van der Waals surface area contributed by atoms with Gasteiger partial charge in [-0.2, -0.15) is 4.99 Å². The van der Waals surface area contributed by atoms with Crippen molar-refractivity contribution in [2.45, 2.75) is 13.8 Å². The Balaban J connectivity index is 3.37. The van der Waals surface area contributed by atoms with E-state index < -0.39 is 0 Å². The fourth-order valence-electron chi connectivity index (χ4n) is 0.954. The number of isocyanates is 1. The molecule has 0 N–H and O–H groups in total. The molecule has 0 saturated carbocycles. The van der Waals surface area contributed by atoms with Gasteiger partial charge in [0.15, 0.2) is 0 Å². The van der Waals surface area contributed by atoms with Crippen LogP contribution in [0.2, 0.25) is 5.02 Å². The van der Waals surface area contributed by atoms with Crippen molar-refractivity contribution in [3.8, 4) is 0 Å². The van der Waals surface area contributed by atoms with Gasteiger partial charge in [0.05, 0.1) is 10.7 Å². The van der Waals surface area contributed by atoms with Gasteiger partial charge in [0.2, 0.25) is 6.08 Å². The molecule has 1 rings (SSSR count). The SMILES string of the molecule is Cc1cc(Cl)c(N=C=O)c(C)n1. The number of pyridine rings is 1. The van der Waals surface area contributed by atoms with Gasteiger partial charge in [-0.1, -0.05) is 11.6 Å². The van der Waals surface area contributed by atoms with Gasteiger partial charge < -0.3 is 0 Å². The van der Waals surface area contributed by atoms with Crippen molar-refractivity contribution >= 4 is 23.4 Å². The molecule has 4 heteroatoms. The van der Waals surface area contributed by atoms with Crippen molar-refractivity contribution in [1.29, 1.82) is 0 Å². The second-order valence-corrected chi connectivity index (χ2v) is 2.79. The third kappa shape index (κ3) is 1.70. The zero-order chi connectivity index (χ0) is 9.14.